The van der Waals surface area contributed by atoms with Gasteiger partial charge < -0.3 is 15.2 Å². The van der Waals surface area contributed by atoms with E-state index in [1.165, 1.54) is 12.1 Å². The van der Waals surface area contributed by atoms with Gasteiger partial charge in [-0.2, -0.15) is 0 Å². The Bertz CT molecular complexity index is 753. The molecule has 0 saturated heterocycles. The number of hydrogen-bond acceptors (Lipinski definition) is 3. The first-order valence-electron chi connectivity index (χ1n) is 7.20. The highest BCUT2D eigenvalue weighted by molar-refractivity contribution is 5.95. The molecule has 0 atom stereocenters. The molecule has 5 nitrogen and oxygen atoms in total. The van der Waals surface area contributed by atoms with Gasteiger partial charge in [-0.15, -0.1) is 0 Å². The lowest BCUT2D eigenvalue weighted by atomic mass is 10.1. The van der Waals surface area contributed by atoms with Crippen molar-refractivity contribution in [3.05, 3.63) is 58.7 Å². The van der Waals surface area contributed by atoms with Crippen LogP contribution in [0.3, 0.4) is 0 Å². The van der Waals surface area contributed by atoms with E-state index < -0.39 is 5.97 Å². The molecule has 0 aromatic heterocycles. The first-order chi connectivity index (χ1) is 10.9. The maximum Gasteiger partial charge on any atom is 0.335 e. The number of carbonyl (C=O) groups is 2. The van der Waals surface area contributed by atoms with Crippen LogP contribution in [-0.4, -0.2) is 23.6 Å². The summed E-state index contributed by atoms with van der Waals surface area (Å²) in [6.07, 6.45) is 0. The van der Waals surface area contributed by atoms with E-state index in [1.807, 2.05) is 32.0 Å². The Labute approximate surface area is 134 Å². The molecule has 23 heavy (non-hydrogen) atoms. The van der Waals surface area contributed by atoms with Gasteiger partial charge in [0, 0.05) is 5.69 Å². The molecule has 2 N–H and O–H groups in total. The zero-order valence-corrected chi connectivity index (χ0v) is 13.3. The summed E-state index contributed by atoms with van der Waals surface area (Å²) in [4.78, 5) is 23.0. The van der Waals surface area contributed by atoms with Gasteiger partial charge >= 0.3 is 5.97 Å². The molecular weight excluding hydrogens is 294 g/mol. The maximum absolute atomic E-state index is 12.0. The number of ether oxygens (including phenoxy) is 1. The van der Waals surface area contributed by atoms with Crippen LogP contribution in [0.2, 0.25) is 0 Å². The quantitative estimate of drug-likeness (QED) is 0.888. The Morgan fingerprint density at radius 2 is 1.78 bits per heavy atom. The van der Waals surface area contributed by atoms with E-state index in [0.29, 0.717) is 11.4 Å². The molecule has 0 spiro atoms. The van der Waals surface area contributed by atoms with Crippen LogP contribution in [-0.2, 0) is 4.79 Å². The highest BCUT2D eigenvalue weighted by atomic mass is 16.5. The lowest BCUT2D eigenvalue weighted by molar-refractivity contribution is -0.118. The fourth-order valence-corrected chi connectivity index (χ4v) is 2.18. The van der Waals surface area contributed by atoms with Crippen molar-refractivity contribution in [1.82, 2.24) is 0 Å². The Morgan fingerprint density at radius 1 is 1.04 bits per heavy atom. The number of nitrogens with one attached hydrogen (secondary N) is 1. The molecule has 0 heterocycles. The molecule has 1 amide bonds. The summed E-state index contributed by atoms with van der Waals surface area (Å²) in [5, 5.41) is 11.7. The Kier molecular flexibility index (Phi) is 5.01. The van der Waals surface area contributed by atoms with Gasteiger partial charge in [-0.05, 0) is 50.1 Å². The third-order valence-electron chi connectivity index (χ3n) is 3.45. The van der Waals surface area contributed by atoms with Crippen LogP contribution in [0.4, 0.5) is 5.69 Å². The molecule has 0 saturated carbocycles. The smallest absolute Gasteiger partial charge is 0.335 e. The van der Waals surface area contributed by atoms with Crippen molar-refractivity contribution in [3.63, 3.8) is 0 Å². The number of anilines is 1. The summed E-state index contributed by atoms with van der Waals surface area (Å²) < 4.78 is 5.51. The third-order valence-corrected chi connectivity index (χ3v) is 3.45. The number of benzene rings is 2. The van der Waals surface area contributed by atoms with Gasteiger partial charge in [0.2, 0.25) is 0 Å². The van der Waals surface area contributed by atoms with Crippen LogP contribution in [0.15, 0.2) is 36.4 Å². The summed E-state index contributed by atoms with van der Waals surface area (Å²) >= 11 is 0. The average Bonchev–Trinajstić information content (AvgIpc) is 2.48. The molecule has 5 heteroatoms. The molecule has 2 aromatic carbocycles. The monoisotopic (exact) mass is 313 g/mol. The first-order valence-corrected chi connectivity index (χ1v) is 7.20. The normalized spacial score (nSPS) is 10.2. The van der Waals surface area contributed by atoms with E-state index in [1.54, 1.807) is 13.0 Å². The fraction of sp³-hybridized carbons (Fsp3) is 0.222. The number of hydrogen-bond donors (Lipinski definition) is 2. The number of carboxylic acids is 1. The highest BCUT2D eigenvalue weighted by Gasteiger charge is 2.10. The van der Waals surface area contributed by atoms with Gasteiger partial charge in [0.25, 0.3) is 5.91 Å². The second-order valence-corrected chi connectivity index (χ2v) is 5.44. The van der Waals surface area contributed by atoms with Gasteiger partial charge in [-0.3, -0.25) is 4.79 Å². The number of carboxylic acid groups (broad SMARTS) is 1. The van der Waals surface area contributed by atoms with Crippen LogP contribution in [0.1, 0.15) is 27.0 Å². The molecule has 0 aliphatic rings. The summed E-state index contributed by atoms with van der Waals surface area (Å²) in [6.45, 7) is 5.56. The van der Waals surface area contributed by atoms with E-state index >= 15 is 0 Å². The Morgan fingerprint density at radius 3 is 2.43 bits per heavy atom. The van der Waals surface area contributed by atoms with Gasteiger partial charge in [-0.25, -0.2) is 4.79 Å². The molecule has 2 aromatic rings. The molecule has 120 valence electrons. The van der Waals surface area contributed by atoms with E-state index in [2.05, 4.69) is 5.32 Å². The summed E-state index contributed by atoms with van der Waals surface area (Å²) in [5.74, 6) is -0.718. The zero-order valence-electron chi connectivity index (χ0n) is 13.3. The van der Waals surface area contributed by atoms with Gasteiger partial charge in [0.15, 0.2) is 6.61 Å². The molecule has 0 aliphatic heterocycles. The Balaban J connectivity index is 2.02. The van der Waals surface area contributed by atoms with Crippen molar-refractivity contribution in [3.8, 4) is 5.75 Å². The first kappa shape index (κ1) is 16.5. The van der Waals surface area contributed by atoms with Crippen LogP contribution in [0.5, 0.6) is 5.75 Å². The summed E-state index contributed by atoms with van der Waals surface area (Å²) in [5.41, 5.74) is 3.47. The molecule has 0 unspecified atom stereocenters. The molecule has 0 aliphatic carbocycles. The number of aryl methyl sites for hydroxylation is 3. The average molecular weight is 313 g/mol. The van der Waals surface area contributed by atoms with Crippen LogP contribution < -0.4 is 10.1 Å². The van der Waals surface area contributed by atoms with Crippen molar-refractivity contribution in [2.75, 3.05) is 11.9 Å². The molecule has 0 fully saturated rings. The largest absolute Gasteiger partial charge is 0.483 e. The van der Waals surface area contributed by atoms with E-state index in [9.17, 15) is 9.59 Å². The van der Waals surface area contributed by atoms with Crippen molar-refractivity contribution in [2.24, 2.45) is 0 Å². The van der Waals surface area contributed by atoms with Crippen LogP contribution in [0.25, 0.3) is 0 Å². The van der Waals surface area contributed by atoms with Crippen molar-refractivity contribution in [1.29, 1.82) is 0 Å². The van der Waals surface area contributed by atoms with E-state index in [4.69, 9.17) is 9.84 Å². The predicted molar refractivity (Wildman–Crippen MR) is 88.2 cm³/mol. The molecule has 0 bridgehead atoms. The number of rotatable bonds is 5. The van der Waals surface area contributed by atoms with Crippen LogP contribution >= 0.6 is 0 Å². The fourth-order valence-electron chi connectivity index (χ4n) is 2.18. The van der Waals surface area contributed by atoms with E-state index in [-0.39, 0.29) is 18.1 Å². The molecule has 0 radical (unpaired) electrons. The van der Waals surface area contributed by atoms with Crippen molar-refractivity contribution >= 4 is 17.6 Å². The minimum Gasteiger partial charge on any atom is -0.483 e. The Hall–Kier alpha value is -2.82. The summed E-state index contributed by atoms with van der Waals surface area (Å²) in [6, 6.07) is 10.3. The minimum atomic E-state index is -1.04. The maximum atomic E-state index is 12.0. The van der Waals surface area contributed by atoms with Crippen molar-refractivity contribution < 1.29 is 19.4 Å². The lowest BCUT2D eigenvalue weighted by Crippen LogP contribution is -2.21. The predicted octanol–water partition coefficient (Wildman–Crippen LogP) is 3.33. The highest BCUT2D eigenvalue weighted by Crippen LogP contribution is 2.19. The van der Waals surface area contributed by atoms with Crippen molar-refractivity contribution in [2.45, 2.75) is 20.8 Å². The number of carbonyl (C=O) groups excluding carboxylic acids is 1. The summed E-state index contributed by atoms with van der Waals surface area (Å²) in [7, 11) is 0. The third kappa shape index (κ3) is 4.32. The standard InChI is InChI=1S/C18H19NO4/c1-11-4-7-16(13(3)8-11)23-10-17(20)19-15-9-14(18(21)22)6-5-12(15)2/h4-9H,10H2,1-3H3,(H,19,20)(H,21,22). The van der Waals surface area contributed by atoms with E-state index in [0.717, 1.165) is 16.7 Å². The molecule has 2 rings (SSSR count). The lowest BCUT2D eigenvalue weighted by Gasteiger charge is -2.12. The zero-order chi connectivity index (χ0) is 17.0. The van der Waals surface area contributed by atoms with Gasteiger partial charge in [0.05, 0.1) is 5.56 Å². The minimum absolute atomic E-state index is 0.126. The van der Waals surface area contributed by atoms with Gasteiger partial charge in [-0.1, -0.05) is 23.8 Å². The molecular formula is C18H19NO4. The second kappa shape index (κ2) is 6.96. The second-order valence-electron chi connectivity index (χ2n) is 5.44. The topological polar surface area (TPSA) is 75.6 Å². The van der Waals surface area contributed by atoms with Crippen LogP contribution in [0, 0.1) is 20.8 Å². The number of amides is 1. The van der Waals surface area contributed by atoms with Gasteiger partial charge in [0.1, 0.15) is 5.75 Å². The number of aromatic carboxylic acids is 1. The SMILES string of the molecule is Cc1ccc(OCC(=O)Nc2cc(C(=O)O)ccc2C)c(C)c1.